The van der Waals surface area contributed by atoms with Gasteiger partial charge in [-0.1, -0.05) is 33.7 Å². The van der Waals surface area contributed by atoms with Gasteiger partial charge in [0.1, 0.15) is 11.6 Å². The van der Waals surface area contributed by atoms with E-state index in [1.807, 2.05) is 62.2 Å². The Labute approximate surface area is 436 Å². The summed E-state index contributed by atoms with van der Waals surface area (Å²) in [5.41, 5.74) is 8.28. The van der Waals surface area contributed by atoms with E-state index in [1.165, 1.54) is 6.07 Å². The highest BCUT2D eigenvalue weighted by Gasteiger charge is 2.44. The number of pyridine rings is 1. The van der Waals surface area contributed by atoms with Crippen LogP contribution in [0.4, 0.5) is 21.5 Å². The molecule has 6 amide bonds. The van der Waals surface area contributed by atoms with Gasteiger partial charge in [-0.05, 0) is 92.8 Å². The number of hydrazone groups is 1. The van der Waals surface area contributed by atoms with Crippen molar-refractivity contribution in [2.45, 2.75) is 82.4 Å². The summed E-state index contributed by atoms with van der Waals surface area (Å²) in [5, 5.41) is 10.6. The highest BCUT2D eigenvalue weighted by molar-refractivity contribution is 8.77. The molecule has 74 heavy (non-hydrogen) atoms. The second-order valence-electron chi connectivity index (χ2n) is 19.2. The van der Waals surface area contributed by atoms with Crippen LogP contribution in [0.2, 0.25) is 0 Å². The molecule has 18 nitrogen and oxygen atoms in total. The van der Waals surface area contributed by atoms with Gasteiger partial charge in [0.25, 0.3) is 17.7 Å². The van der Waals surface area contributed by atoms with Crippen molar-refractivity contribution in [2.24, 2.45) is 11.0 Å². The van der Waals surface area contributed by atoms with Gasteiger partial charge in [-0.2, -0.15) is 5.10 Å². The predicted molar refractivity (Wildman–Crippen MR) is 281 cm³/mol. The van der Waals surface area contributed by atoms with Crippen LogP contribution in [0, 0.1) is 11.7 Å². The van der Waals surface area contributed by atoms with E-state index in [-0.39, 0.29) is 74.3 Å². The first-order valence-electron chi connectivity index (χ1n) is 24.7. The smallest absolute Gasteiger partial charge is 0.333 e. The Hall–Kier alpha value is -7.00. The molecule has 3 fully saturated rings. The summed E-state index contributed by atoms with van der Waals surface area (Å²) in [4.78, 5) is 103. The monoisotopic (exact) mass is 1050 g/mol. The summed E-state index contributed by atoms with van der Waals surface area (Å²) in [6, 6.07) is 21.0. The van der Waals surface area contributed by atoms with E-state index in [0.717, 1.165) is 34.6 Å². The number of hydrogen-bond donors (Lipinski definition) is 3. The first-order chi connectivity index (χ1) is 35.6. The van der Waals surface area contributed by atoms with Crippen LogP contribution < -0.4 is 30.6 Å². The lowest BCUT2D eigenvalue weighted by molar-refractivity contribution is -0.197. The first kappa shape index (κ1) is 53.3. The van der Waals surface area contributed by atoms with Gasteiger partial charge in [0.05, 0.1) is 18.7 Å². The number of halogens is 1. The van der Waals surface area contributed by atoms with E-state index in [1.54, 1.807) is 64.3 Å². The minimum atomic E-state index is -0.678. The van der Waals surface area contributed by atoms with Gasteiger partial charge < -0.3 is 34.9 Å². The van der Waals surface area contributed by atoms with Crippen LogP contribution in [-0.2, 0) is 40.1 Å². The van der Waals surface area contributed by atoms with Gasteiger partial charge in [0, 0.05) is 147 Å². The molecule has 390 valence electrons. The third-order valence-electron chi connectivity index (χ3n) is 13.1. The third kappa shape index (κ3) is 14.2. The van der Waals surface area contributed by atoms with Crippen LogP contribution >= 0.6 is 21.6 Å². The number of aromatic nitrogens is 1. The molecule has 1 aromatic heterocycles. The van der Waals surface area contributed by atoms with Crippen LogP contribution in [-0.4, -0.2) is 119 Å². The van der Waals surface area contributed by atoms with Crippen molar-refractivity contribution in [1.82, 2.24) is 25.7 Å². The Kier molecular flexibility index (Phi) is 17.5. The fourth-order valence-corrected chi connectivity index (χ4v) is 11.3. The Bertz CT molecular complexity index is 2760. The molecule has 21 heteroatoms. The molecule has 1 saturated carbocycles. The Morgan fingerprint density at radius 3 is 2.41 bits per heavy atom. The minimum Gasteiger partial charge on any atom is -0.494 e. The molecule has 3 aliphatic heterocycles. The Morgan fingerprint density at radius 2 is 1.68 bits per heavy atom. The number of carbonyl (C=O) groups excluding carboxylic acids is 7. The molecule has 0 radical (unpaired) electrons. The SMILES string of the molecule is CN1CC/C(=N\NC(=O)CC(C)(C)SSCCC(=O)N2CCN(c3ccc(C(=O)NCc4ccc(NC(=O)C5CC5c5cccnc5)cc4F)cc3)CC2)c2ccc(OCCCC(=O)ON3C(=O)CCC3=O)cc21. The molecule has 3 aromatic carbocycles. The number of piperazine rings is 1. The highest BCUT2D eigenvalue weighted by atomic mass is 33.1. The van der Waals surface area contributed by atoms with Crippen molar-refractivity contribution in [3.63, 3.8) is 0 Å². The largest absolute Gasteiger partial charge is 0.494 e. The van der Waals surface area contributed by atoms with Gasteiger partial charge in [-0.15, -0.1) is 5.06 Å². The van der Waals surface area contributed by atoms with E-state index in [4.69, 9.17) is 9.57 Å². The second-order valence-corrected chi connectivity index (χ2v) is 22.3. The fourth-order valence-electron chi connectivity index (χ4n) is 8.86. The van der Waals surface area contributed by atoms with Crippen molar-refractivity contribution in [2.75, 3.05) is 67.2 Å². The number of benzene rings is 3. The minimum absolute atomic E-state index is 0.0202. The Balaban J connectivity index is 0.694. The average Bonchev–Trinajstić information content (AvgIpc) is 4.15. The number of amides is 6. The van der Waals surface area contributed by atoms with E-state index >= 15 is 4.39 Å². The van der Waals surface area contributed by atoms with Crippen molar-refractivity contribution in [1.29, 1.82) is 0 Å². The summed E-state index contributed by atoms with van der Waals surface area (Å²) >= 11 is 0. The number of fused-ring (bicyclic) bond motifs is 1. The van der Waals surface area contributed by atoms with Gasteiger partial charge in [-0.3, -0.25) is 33.8 Å². The van der Waals surface area contributed by atoms with Crippen molar-refractivity contribution in [3.8, 4) is 5.75 Å². The number of hydrogen-bond acceptors (Lipinski definition) is 15. The number of hydroxylamine groups is 2. The van der Waals surface area contributed by atoms with Crippen LogP contribution in [0.1, 0.15) is 98.2 Å². The molecular formula is C53H60FN9O9S2. The molecule has 4 heterocycles. The fraction of sp³-hybridized carbons (Fsp3) is 0.415. The number of imide groups is 1. The van der Waals surface area contributed by atoms with Gasteiger partial charge >= 0.3 is 5.97 Å². The van der Waals surface area contributed by atoms with E-state index in [9.17, 15) is 33.6 Å². The lowest BCUT2D eigenvalue weighted by atomic mass is 10.00. The number of carbonyl (C=O) groups is 7. The maximum Gasteiger partial charge on any atom is 0.333 e. The standard InChI is InChI=1S/C53H60FN9O9S2/c1-53(2,31-46(64)59-58-44-18-21-60(3)45-29-39(14-15-40(44)45)71-26-5-7-50(68)72-63-48(66)16-17-49(63)67)74-73-27-19-47(65)62-24-22-61(23-25-62)38-12-9-34(10-13-38)51(69)56-33-36-8-11-37(28-43(36)54)57-52(70)42-30-41(42)35-6-4-20-55-32-35/h4,6,8-15,20,28-29,32,41-42H,5,7,16-19,21-27,30-31,33H2,1-3H3,(H,56,69)(H,57,70)(H,59,64)/b58-44+. The average molecular weight is 1050 g/mol. The molecule has 0 bridgehead atoms. The molecule has 2 saturated heterocycles. The molecule has 4 aliphatic rings. The lowest BCUT2D eigenvalue weighted by Gasteiger charge is -2.36. The molecule has 3 N–H and O–H groups in total. The molecule has 0 spiro atoms. The summed E-state index contributed by atoms with van der Waals surface area (Å²) in [6.07, 6.45) is 5.77. The van der Waals surface area contributed by atoms with Crippen molar-refractivity contribution < 1.29 is 47.5 Å². The first-order valence-corrected chi connectivity index (χ1v) is 27.0. The number of rotatable bonds is 21. The lowest BCUT2D eigenvalue weighted by Crippen LogP contribution is -2.48. The predicted octanol–water partition coefficient (Wildman–Crippen LogP) is 6.61. The highest BCUT2D eigenvalue weighted by Crippen LogP contribution is 2.47. The number of nitrogens with zero attached hydrogens (tertiary/aromatic N) is 6. The maximum atomic E-state index is 15.0. The van der Waals surface area contributed by atoms with Gasteiger partial charge in [-0.25, -0.2) is 14.6 Å². The summed E-state index contributed by atoms with van der Waals surface area (Å²) in [6.45, 7) is 7.27. The number of anilines is 3. The molecule has 2 unspecified atom stereocenters. The topological polar surface area (TPSA) is 212 Å². The summed E-state index contributed by atoms with van der Waals surface area (Å²) in [7, 11) is 5.09. The van der Waals surface area contributed by atoms with Crippen LogP contribution in [0.15, 0.2) is 90.3 Å². The van der Waals surface area contributed by atoms with Crippen LogP contribution in [0.25, 0.3) is 0 Å². The van der Waals surface area contributed by atoms with Gasteiger partial charge in [0.2, 0.25) is 17.7 Å². The molecule has 2 atom stereocenters. The molecule has 4 aromatic rings. The molecular weight excluding hydrogens is 990 g/mol. The van der Waals surface area contributed by atoms with Crippen molar-refractivity contribution >= 4 is 85.8 Å². The van der Waals surface area contributed by atoms with E-state index in [0.29, 0.717) is 85.4 Å². The second kappa shape index (κ2) is 24.4. The van der Waals surface area contributed by atoms with E-state index in [2.05, 4.69) is 35.9 Å². The van der Waals surface area contributed by atoms with Gasteiger partial charge in [0.15, 0.2) is 0 Å². The Morgan fingerprint density at radius 1 is 0.905 bits per heavy atom. The zero-order valence-electron chi connectivity index (χ0n) is 41.6. The number of nitrogens with one attached hydrogen (secondary N) is 3. The number of ether oxygens (including phenoxy) is 1. The van der Waals surface area contributed by atoms with Crippen LogP contribution in [0.5, 0.6) is 5.75 Å². The normalized spacial score (nSPS) is 18.0. The zero-order valence-corrected chi connectivity index (χ0v) is 43.2. The summed E-state index contributed by atoms with van der Waals surface area (Å²) < 4.78 is 20.5. The van der Waals surface area contributed by atoms with Crippen LogP contribution in [0.3, 0.4) is 0 Å². The molecule has 1 aliphatic carbocycles. The summed E-state index contributed by atoms with van der Waals surface area (Å²) in [5.74, 6) is -1.77. The quantitative estimate of drug-likeness (QED) is 0.0347. The zero-order chi connectivity index (χ0) is 52.4. The third-order valence-corrected chi connectivity index (χ3v) is 16.4. The maximum absolute atomic E-state index is 15.0. The molecule has 8 rings (SSSR count). The van der Waals surface area contributed by atoms with Crippen molar-refractivity contribution in [3.05, 3.63) is 113 Å². The van der Waals surface area contributed by atoms with E-state index < -0.39 is 28.3 Å².